The number of carbonyl (C=O) groups is 5. The van der Waals surface area contributed by atoms with Crippen LogP contribution in [0.1, 0.15) is 137 Å². The molecule has 9 rings (SSSR count). The van der Waals surface area contributed by atoms with E-state index in [0.29, 0.717) is 77.1 Å². The Balaban J connectivity index is 0.586. The number of hydrogen-bond donors (Lipinski definition) is 6. The molecule has 2 fully saturated rings. The number of aromatic amines is 1. The molecule has 0 spiro atoms. The molecule has 21 nitrogen and oxygen atoms in total. The molecular formula is C66H85N11O10S. The van der Waals surface area contributed by atoms with Gasteiger partial charge in [-0.3, -0.25) is 34.1 Å². The number of amides is 4. The Hall–Kier alpha value is -7.63. The van der Waals surface area contributed by atoms with Gasteiger partial charge in [0.05, 0.1) is 73.8 Å². The zero-order valence-corrected chi connectivity index (χ0v) is 52.0. The summed E-state index contributed by atoms with van der Waals surface area (Å²) < 4.78 is 29.4. The van der Waals surface area contributed by atoms with E-state index in [1.165, 1.54) is 4.90 Å². The zero-order chi connectivity index (χ0) is 61.7. The van der Waals surface area contributed by atoms with Gasteiger partial charge in [0.15, 0.2) is 17.4 Å². The first kappa shape index (κ1) is 64.8. The number of likely N-dealkylation sites (tertiary alicyclic amines) is 1. The average Bonchev–Trinajstić information content (AvgIpc) is 2.67. The molecule has 2 saturated heterocycles. The molecule has 0 radical (unpaired) electrons. The molecule has 3 aromatic carbocycles. The highest BCUT2D eigenvalue weighted by atomic mass is 32.1. The van der Waals surface area contributed by atoms with E-state index in [1.807, 2.05) is 112 Å². The number of pyridine rings is 1. The molecule has 88 heavy (non-hydrogen) atoms. The lowest BCUT2D eigenvalue weighted by atomic mass is 9.85. The monoisotopic (exact) mass is 1220 g/mol. The van der Waals surface area contributed by atoms with Crippen molar-refractivity contribution in [2.75, 3.05) is 77.8 Å². The van der Waals surface area contributed by atoms with Crippen LogP contribution in [0, 0.1) is 12.3 Å². The average molecular weight is 1220 g/mol. The molecule has 0 unspecified atom stereocenters. The normalized spacial score (nSPS) is 16.7. The Morgan fingerprint density at radius 2 is 1.55 bits per heavy atom. The fraction of sp³-hybridized carbons (Fsp3) is 0.500. The summed E-state index contributed by atoms with van der Waals surface area (Å²) in [6.07, 6.45) is 11.9. The van der Waals surface area contributed by atoms with E-state index in [2.05, 4.69) is 46.7 Å². The number of ketones is 1. The van der Waals surface area contributed by atoms with Crippen LogP contribution in [0.25, 0.3) is 21.8 Å². The second kappa shape index (κ2) is 32.0. The molecule has 6 N–H and O–H groups in total. The third kappa shape index (κ3) is 18.2. The summed E-state index contributed by atoms with van der Waals surface area (Å²) in [4.78, 5) is 82.8. The topological polar surface area (TPSA) is 262 Å². The highest BCUT2D eigenvalue weighted by Crippen LogP contribution is 2.37. The Labute approximate surface area is 519 Å². The minimum Gasteiger partial charge on any atom is -0.494 e. The van der Waals surface area contributed by atoms with Gasteiger partial charge in [-0.25, -0.2) is 9.97 Å². The van der Waals surface area contributed by atoms with Crippen LogP contribution in [0.15, 0.2) is 96.8 Å². The lowest BCUT2D eigenvalue weighted by Gasteiger charge is -2.37. The van der Waals surface area contributed by atoms with Crippen molar-refractivity contribution in [1.82, 2.24) is 51.3 Å². The summed E-state index contributed by atoms with van der Waals surface area (Å²) in [5, 5.41) is 24.0. The number of nitrogens with zero attached hydrogens (tertiary/aromatic N) is 5. The van der Waals surface area contributed by atoms with Gasteiger partial charge >= 0.3 is 0 Å². The first-order chi connectivity index (χ1) is 42.7. The third-order valence-corrected chi connectivity index (χ3v) is 17.1. The smallest absolute Gasteiger partial charge is 0.251 e. The fourth-order valence-corrected chi connectivity index (χ4v) is 12.0. The molecule has 0 bridgehead atoms. The Morgan fingerprint density at radius 1 is 0.830 bits per heavy atom. The molecule has 22 heteroatoms. The third-order valence-electron chi connectivity index (χ3n) is 16.1. The number of ether oxygens (including phenoxy) is 5. The highest BCUT2D eigenvalue weighted by molar-refractivity contribution is 7.13. The van der Waals surface area contributed by atoms with Gasteiger partial charge in [0, 0.05) is 73.8 Å². The lowest BCUT2D eigenvalue weighted by molar-refractivity contribution is -0.144. The van der Waals surface area contributed by atoms with E-state index >= 15 is 0 Å². The molecular weight excluding hydrogens is 1140 g/mol. The summed E-state index contributed by atoms with van der Waals surface area (Å²) >= 11 is 1.57. The number of benzene rings is 3. The van der Waals surface area contributed by atoms with Crippen molar-refractivity contribution in [3.8, 4) is 33.3 Å². The van der Waals surface area contributed by atoms with E-state index < -0.39 is 34.9 Å². The van der Waals surface area contributed by atoms with E-state index in [9.17, 15) is 24.0 Å². The van der Waals surface area contributed by atoms with Crippen LogP contribution in [-0.2, 0) is 45.5 Å². The molecule has 4 amide bonds. The maximum atomic E-state index is 14.0. The number of H-pyrrole nitrogens is 1. The van der Waals surface area contributed by atoms with E-state index in [1.54, 1.807) is 23.7 Å². The van der Waals surface area contributed by atoms with Crippen molar-refractivity contribution >= 4 is 46.4 Å². The number of piperidine rings is 1. The van der Waals surface area contributed by atoms with Gasteiger partial charge in [-0.05, 0) is 130 Å². The van der Waals surface area contributed by atoms with Gasteiger partial charge in [0.25, 0.3) is 5.91 Å². The molecule has 6 aromatic rings. The summed E-state index contributed by atoms with van der Waals surface area (Å²) in [6.45, 7) is 13.4. The molecule has 470 valence electrons. The van der Waals surface area contributed by atoms with Gasteiger partial charge in [-0.2, -0.15) is 5.10 Å². The van der Waals surface area contributed by atoms with Crippen LogP contribution < -0.4 is 36.1 Å². The molecule has 3 atom stereocenters. The van der Waals surface area contributed by atoms with Crippen LogP contribution in [-0.4, -0.2) is 144 Å². The SMILES string of the molecule is Cc1ncsc1-c1ccc(CNC(=O)[C@@H]2CC(=O)CN2C(=O)[C@@H](NC(=O)CCCCCOCCOCCOCCCCCCOc2ccc3c(c2)[C@H](NC(=O)c2cccc(NC4(c5nc(-c6ccncc6)n[nH]5)CCNCC4)c2)CCO3)C(C)(C)C)cc1. The van der Waals surface area contributed by atoms with Gasteiger partial charge in [-0.1, -0.05) is 63.9 Å². The second-order valence-electron chi connectivity index (χ2n) is 23.8. The summed E-state index contributed by atoms with van der Waals surface area (Å²) in [6, 6.07) is 23.0. The Kier molecular flexibility index (Phi) is 23.6. The zero-order valence-electron chi connectivity index (χ0n) is 51.2. The molecule has 6 heterocycles. The number of unbranched alkanes of at least 4 members (excludes halogenated alkanes) is 5. The number of Topliss-reactive ketones (excluding diaryl/α,β-unsaturated/α-hetero) is 1. The van der Waals surface area contributed by atoms with Crippen LogP contribution in [0.3, 0.4) is 0 Å². The van der Waals surface area contributed by atoms with E-state index in [0.717, 1.165) is 120 Å². The minimum atomic E-state index is -0.949. The van der Waals surface area contributed by atoms with Gasteiger partial charge in [-0.15, -0.1) is 11.3 Å². The van der Waals surface area contributed by atoms with E-state index in [-0.39, 0.29) is 49.6 Å². The number of aromatic nitrogens is 5. The first-order valence-electron chi connectivity index (χ1n) is 31.0. The highest BCUT2D eigenvalue weighted by Gasteiger charge is 2.44. The van der Waals surface area contributed by atoms with Crippen LogP contribution in [0.4, 0.5) is 5.69 Å². The van der Waals surface area contributed by atoms with Crippen molar-refractivity contribution in [1.29, 1.82) is 0 Å². The maximum Gasteiger partial charge on any atom is 0.251 e. The predicted octanol–water partition coefficient (Wildman–Crippen LogP) is 8.81. The number of anilines is 1. The van der Waals surface area contributed by atoms with Gasteiger partial charge in [0.2, 0.25) is 17.7 Å². The number of hydrogen-bond acceptors (Lipinski definition) is 17. The fourth-order valence-electron chi connectivity index (χ4n) is 11.2. The van der Waals surface area contributed by atoms with Crippen molar-refractivity contribution in [3.63, 3.8) is 0 Å². The predicted molar refractivity (Wildman–Crippen MR) is 336 cm³/mol. The van der Waals surface area contributed by atoms with Crippen LogP contribution in [0.5, 0.6) is 11.5 Å². The standard InChI is InChI=1S/C66H85N11O10S/c1-45-58(88-44-70-45)47-18-16-46(17-19-47)42-69-62(81)55-40-51(78)43-77(55)63(82)59(65(2,3)4)72-57(79)15-8-7-10-32-84-36-38-85-37-35-83-31-9-5-6-11-33-86-52-20-21-56-53(41-52)54(24-34-87-56)71-61(80)49-13-12-14-50(39-49)74-66(25-29-68-30-26-66)64-73-60(75-76-64)48-22-27-67-28-23-48/h12-14,16-23,27-28,39,41,44,54-55,59,68,74H,5-11,15,24-26,29-38,40,42-43H2,1-4H3,(H,69,81)(H,71,80)(H,72,79)(H,73,75,76)/t54-,55+,59-/m1/s1. The van der Waals surface area contributed by atoms with E-state index in [4.69, 9.17) is 28.7 Å². The van der Waals surface area contributed by atoms with Crippen molar-refractivity contribution in [2.24, 2.45) is 5.41 Å². The number of nitrogens with one attached hydrogen (secondary N) is 6. The Morgan fingerprint density at radius 3 is 2.26 bits per heavy atom. The van der Waals surface area contributed by atoms with Crippen LogP contribution >= 0.6 is 11.3 Å². The summed E-state index contributed by atoms with van der Waals surface area (Å²) in [5.41, 5.74) is 6.71. The summed E-state index contributed by atoms with van der Waals surface area (Å²) in [5.74, 6) is 1.39. The second-order valence-corrected chi connectivity index (χ2v) is 24.7. The Bertz CT molecular complexity index is 3240. The molecule has 3 aliphatic heterocycles. The number of rotatable bonds is 32. The quantitative estimate of drug-likeness (QED) is 0.0216. The largest absolute Gasteiger partial charge is 0.494 e. The van der Waals surface area contributed by atoms with Crippen LogP contribution in [0.2, 0.25) is 0 Å². The maximum absolute atomic E-state index is 14.0. The molecule has 3 aliphatic rings. The number of thiazole rings is 1. The first-order valence-corrected chi connectivity index (χ1v) is 31.9. The number of carbonyl (C=O) groups excluding carboxylic acids is 5. The molecule has 0 saturated carbocycles. The molecule has 3 aromatic heterocycles. The lowest BCUT2D eigenvalue weighted by Crippen LogP contribution is -2.57. The molecule has 0 aliphatic carbocycles. The van der Waals surface area contributed by atoms with Gasteiger partial charge < -0.3 is 55.2 Å². The minimum absolute atomic E-state index is 0.0686. The van der Waals surface area contributed by atoms with Crippen molar-refractivity contribution in [3.05, 3.63) is 125 Å². The summed E-state index contributed by atoms with van der Waals surface area (Å²) in [7, 11) is 0. The number of fused-ring (bicyclic) bond motifs is 1. The van der Waals surface area contributed by atoms with Crippen molar-refractivity contribution in [2.45, 2.75) is 135 Å². The van der Waals surface area contributed by atoms with Crippen molar-refractivity contribution < 1.29 is 47.7 Å². The van der Waals surface area contributed by atoms with Gasteiger partial charge in [0.1, 0.15) is 23.6 Å². The number of aryl methyl sites for hydroxylation is 1.